The average molecular weight is 233 g/mol. The molecule has 1 aliphatic rings. The van der Waals surface area contributed by atoms with Crippen LogP contribution in [0.3, 0.4) is 0 Å². The molecule has 1 N–H and O–H groups in total. The predicted octanol–water partition coefficient (Wildman–Crippen LogP) is 1.10. The molecule has 0 unspecified atom stereocenters. The van der Waals surface area contributed by atoms with Gasteiger partial charge in [0.2, 0.25) is 5.91 Å². The molecule has 1 aromatic heterocycles. The first-order chi connectivity index (χ1) is 8.25. The number of likely N-dealkylation sites (tertiary alicyclic amines) is 1. The van der Waals surface area contributed by atoms with Crippen molar-refractivity contribution in [2.24, 2.45) is 0 Å². The van der Waals surface area contributed by atoms with Crippen molar-refractivity contribution >= 4 is 5.91 Å². The zero-order valence-electron chi connectivity index (χ0n) is 10.3. The fourth-order valence-electron chi connectivity index (χ4n) is 2.11. The van der Waals surface area contributed by atoms with E-state index in [0.717, 1.165) is 37.1 Å². The molecule has 2 rings (SSSR count). The third kappa shape index (κ3) is 3.53. The van der Waals surface area contributed by atoms with Crippen molar-refractivity contribution < 1.29 is 4.79 Å². The van der Waals surface area contributed by atoms with Crippen LogP contribution >= 0.6 is 0 Å². The first kappa shape index (κ1) is 12.0. The number of aromatic nitrogens is 1. The monoisotopic (exact) mass is 233 g/mol. The summed E-state index contributed by atoms with van der Waals surface area (Å²) >= 11 is 0. The third-order valence-electron chi connectivity index (χ3n) is 3.00. The van der Waals surface area contributed by atoms with Gasteiger partial charge in [0.15, 0.2) is 0 Å². The fraction of sp³-hybridized carbons (Fsp3) is 0.538. The zero-order valence-corrected chi connectivity index (χ0v) is 10.3. The van der Waals surface area contributed by atoms with Gasteiger partial charge in [0.1, 0.15) is 0 Å². The maximum Gasteiger partial charge on any atom is 0.236 e. The van der Waals surface area contributed by atoms with E-state index in [1.54, 1.807) is 0 Å². The van der Waals surface area contributed by atoms with Crippen LogP contribution in [0.1, 0.15) is 24.0 Å². The highest BCUT2D eigenvalue weighted by Crippen LogP contribution is 2.07. The topological polar surface area (TPSA) is 45.2 Å². The second-order valence-electron chi connectivity index (χ2n) is 4.56. The normalized spacial score (nSPS) is 15.2. The van der Waals surface area contributed by atoms with Crippen LogP contribution in [0.15, 0.2) is 18.5 Å². The van der Waals surface area contributed by atoms with E-state index in [9.17, 15) is 4.79 Å². The van der Waals surface area contributed by atoms with E-state index in [1.165, 1.54) is 0 Å². The number of nitrogens with zero attached hydrogens (tertiary/aromatic N) is 2. The standard InChI is InChI=1S/C13H19N3O/c1-11-6-12(8-14-7-11)9-15-10-13(17)16-4-2-3-5-16/h6-8,15H,2-5,9-10H2,1H3. The number of amides is 1. The highest BCUT2D eigenvalue weighted by Gasteiger charge is 2.16. The molecule has 0 atom stereocenters. The predicted molar refractivity (Wildman–Crippen MR) is 66.5 cm³/mol. The van der Waals surface area contributed by atoms with Crippen LogP contribution < -0.4 is 5.32 Å². The van der Waals surface area contributed by atoms with Crippen LogP contribution in [0.2, 0.25) is 0 Å². The lowest BCUT2D eigenvalue weighted by Crippen LogP contribution is -2.35. The quantitative estimate of drug-likeness (QED) is 0.847. The molecule has 4 nitrogen and oxygen atoms in total. The summed E-state index contributed by atoms with van der Waals surface area (Å²) < 4.78 is 0. The minimum atomic E-state index is 0.211. The highest BCUT2D eigenvalue weighted by molar-refractivity contribution is 5.78. The maximum absolute atomic E-state index is 11.8. The lowest BCUT2D eigenvalue weighted by atomic mass is 10.2. The Morgan fingerprint density at radius 2 is 2.18 bits per heavy atom. The zero-order chi connectivity index (χ0) is 12.1. The van der Waals surface area contributed by atoms with E-state index in [2.05, 4.69) is 16.4 Å². The number of carbonyl (C=O) groups is 1. The minimum absolute atomic E-state index is 0.211. The van der Waals surface area contributed by atoms with Gasteiger partial charge >= 0.3 is 0 Å². The summed E-state index contributed by atoms with van der Waals surface area (Å²) in [5.74, 6) is 0.211. The first-order valence-corrected chi connectivity index (χ1v) is 6.15. The van der Waals surface area contributed by atoms with Gasteiger partial charge in [-0.1, -0.05) is 6.07 Å². The molecule has 0 bridgehead atoms. The van der Waals surface area contributed by atoms with E-state index >= 15 is 0 Å². The fourth-order valence-corrected chi connectivity index (χ4v) is 2.11. The van der Waals surface area contributed by atoms with Crippen LogP contribution in [0, 0.1) is 6.92 Å². The summed E-state index contributed by atoms with van der Waals surface area (Å²) in [6.07, 6.45) is 5.96. The number of nitrogens with one attached hydrogen (secondary N) is 1. The summed E-state index contributed by atoms with van der Waals surface area (Å²) in [7, 11) is 0. The number of rotatable bonds is 4. The molecule has 17 heavy (non-hydrogen) atoms. The molecular weight excluding hydrogens is 214 g/mol. The van der Waals surface area contributed by atoms with Crippen molar-refractivity contribution in [1.29, 1.82) is 0 Å². The highest BCUT2D eigenvalue weighted by atomic mass is 16.2. The van der Waals surface area contributed by atoms with Crippen molar-refractivity contribution in [3.63, 3.8) is 0 Å². The van der Waals surface area contributed by atoms with Gasteiger partial charge in [-0.25, -0.2) is 0 Å². The molecule has 0 aliphatic carbocycles. The van der Waals surface area contributed by atoms with Crippen molar-refractivity contribution in [2.75, 3.05) is 19.6 Å². The van der Waals surface area contributed by atoms with Gasteiger partial charge < -0.3 is 10.2 Å². The van der Waals surface area contributed by atoms with Crippen molar-refractivity contribution in [3.05, 3.63) is 29.6 Å². The second-order valence-corrected chi connectivity index (χ2v) is 4.56. The van der Waals surface area contributed by atoms with E-state index in [4.69, 9.17) is 0 Å². The summed E-state index contributed by atoms with van der Waals surface area (Å²) in [6.45, 7) is 4.99. The van der Waals surface area contributed by atoms with E-state index < -0.39 is 0 Å². The van der Waals surface area contributed by atoms with Gasteiger partial charge in [-0.2, -0.15) is 0 Å². The summed E-state index contributed by atoms with van der Waals surface area (Å²) in [4.78, 5) is 17.8. The Hall–Kier alpha value is -1.42. The van der Waals surface area contributed by atoms with Crippen LogP contribution in [0.4, 0.5) is 0 Å². The van der Waals surface area contributed by atoms with Gasteiger partial charge in [0.05, 0.1) is 6.54 Å². The Morgan fingerprint density at radius 1 is 1.41 bits per heavy atom. The Bertz CT molecular complexity index is 386. The lowest BCUT2D eigenvalue weighted by molar-refractivity contribution is -0.129. The number of hydrogen-bond donors (Lipinski definition) is 1. The molecule has 1 fully saturated rings. The Kier molecular flexibility index (Phi) is 4.09. The molecule has 92 valence electrons. The first-order valence-electron chi connectivity index (χ1n) is 6.15. The van der Waals surface area contributed by atoms with Gasteiger partial charge in [-0.3, -0.25) is 9.78 Å². The molecule has 0 aromatic carbocycles. The molecule has 0 saturated carbocycles. The summed E-state index contributed by atoms with van der Waals surface area (Å²) in [6, 6.07) is 2.08. The van der Waals surface area contributed by atoms with Crippen LogP contribution in [-0.4, -0.2) is 35.4 Å². The maximum atomic E-state index is 11.8. The largest absolute Gasteiger partial charge is 0.342 e. The number of carbonyl (C=O) groups excluding carboxylic acids is 1. The van der Waals surface area contributed by atoms with E-state index in [1.807, 2.05) is 24.2 Å². The lowest BCUT2D eigenvalue weighted by Gasteiger charge is -2.15. The number of aryl methyl sites for hydroxylation is 1. The Balaban J connectivity index is 1.73. The van der Waals surface area contributed by atoms with E-state index in [-0.39, 0.29) is 5.91 Å². The molecule has 2 heterocycles. The number of hydrogen-bond acceptors (Lipinski definition) is 3. The van der Waals surface area contributed by atoms with Crippen molar-refractivity contribution in [3.8, 4) is 0 Å². The van der Waals surface area contributed by atoms with Crippen molar-refractivity contribution in [2.45, 2.75) is 26.3 Å². The smallest absolute Gasteiger partial charge is 0.236 e. The number of pyridine rings is 1. The molecule has 1 aliphatic heterocycles. The van der Waals surface area contributed by atoms with E-state index in [0.29, 0.717) is 13.1 Å². The van der Waals surface area contributed by atoms with Crippen LogP contribution in [-0.2, 0) is 11.3 Å². The molecule has 0 spiro atoms. The Morgan fingerprint density at radius 3 is 2.88 bits per heavy atom. The van der Waals surface area contributed by atoms with Crippen LogP contribution in [0.5, 0.6) is 0 Å². The molecule has 0 radical (unpaired) electrons. The SMILES string of the molecule is Cc1cncc(CNCC(=O)N2CCCC2)c1. The third-order valence-corrected chi connectivity index (χ3v) is 3.00. The van der Waals surface area contributed by atoms with Gasteiger partial charge in [-0.05, 0) is 30.9 Å². The van der Waals surface area contributed by atoms with Gasteiger partial charge in [0.25, 0.3) is 0 Å². The van der Waals surface area contributed by atoms with Gasteiger partial charge in [-0.15, -0.1) is 0 Å². The minimum Gasteiger partial charge on any atom is -0.342 e. The molecular formula is C13H19N3O. The van der Waals surface area contributed by atoms with Crippen LogP contribution in [0.25, 0.3) is 0 Å². The van der Waals surface area contributed by atoms with Crippen molar-refractivity contribution in [1.82, 2.24) is 15.2 Å². The molecule has 1 aromatic rings. The summed E-state index contributed by atoms with van der Waals surface area (Å²) in [5, 5.41) is 3.17. The molecule has 1 amide bonds. The van der Waals surface area contributed by atoms with Gasteiger partial charge in [0, 0.05) is 32.0 Å². The second kappa shape index (κ2) is 5.77. The summed E-state index contributed by atoms with van der Waals surface area (Å²) in [5.41, 5.74) is 2.27. The molecule has 4 heteroatoms. The Labute approximate surface area is 102 Å². The molecule has 1 saturated heterocycles. The average Bonchev–Trinajstić information content (AvgIpc) is 2.82.